The minimum absolute atomic E-state index is 0.00231. The second kappa shape index (κ2) is 2.85. The molecule has 3 heteroatoms. The predicted molar refractivity (Wildman–Crippen MR) is 57.3 cm³/mol. The lowest BCUT2D eigenvalue weighted by Crippen LogP contribution is -2.29. The van der Waals surface area contributed by atoms with Gasteiger partial charge in [-0.2, -0.15) is 5.10 Å². The highest BCUT2D eigenvalue weighted by atomic mass is 16.6. The smallest absolute Gasteiger partial charge is 0.137 e. The summed E-state index contributed by atoms with van der Waals surface area (Å²) in [5.41, 5.74) is 1.26. The van der Waals surface area contributed by atoms with Crippen LogP contribution in [-0.4, -0.2) is 15.9 Å². The van der Waals surface area contributed by atoms with Crippen molar-refractivity contribution in [1.82, 2.24) is 9.78 Å². The molecule has 0 aromatic carbocycles. The molecule has 0 radical (unpaired) electrons. The lowest BCUT2D eigenvalue weighted by atomic mass is 9.75. The number of hydrogen-bond donors (Lipinski definition) is 0. The summed E-state index contributed by atoms with van der Waals surface area (Å²) >= 11 is 0. The minimum atomic E-state index is 0.00231. The maximum Gasteiger partial charge on any atom is 0.137 e. The summed E-state index contributed by atoms with van der Waals surface area (Å²) in [5.74, 6) is 1.44. The van der Waals surface area contributed by atoms with Crippen LogP contribution in [0.1, 0.15) is 32.4 Å². The Balaban J connectivity index is 1.97. The lowest BCUT2D eigenvalue weighted by molar-refractivity contribution is 0.250. The van der Waals surface area contributed by atoms with Crippen LogP contribution < -0.4 is 0 Å². The second-order valence-electron chi connectivity index (χ2n) is 5.29. The van der Waals surface area contributed by atoms with Crippen molar-refractivity contribution in [2.24, 2.45) is 18.9 Å². The highest BCUT2D eigenvalue weighted by molar-refractivity contribution is 5.24. The van der Waals surface area contributed by atoms with Crippen LogP contribution in [0, 0.1) is 11.8 Å². The molecule has 4 atom stereocenters. The summed E-state index contributed by atoms with van der Waals surface area (Å²) in [7, 11) is 2.01. The van der Waals surface area contributed by atoms with E-state index < -0.39 is 0 Å². The lowest BCUT2D eigenvalue weighted by Gasteiger charge is -2.26. The molecule has 82 valence electrons. The van der Waals surface area contributed by atoms with Crippen LogP contribution >= 0.6 is 0 Å². The largest absolute Gasteiger partial charge is 0.359 e. The molecule has 0 amide bonds. The fourth-order valence-electron chi connectivity index (χ4n) is 3.39. The van der Waals surface area contributed by atoms with Gasteiger partial charge < -0.3 is 4.74 Å². The third-order valence-corrected chi connectivity index (χ3v) is 3.94. The van der Waals surface area contributed by atoms with Gasteiger partial charge in [0.25, 0.3) is 0 Å². The first-order valence-corrected chi connectivity index (χ1v) is 5.80. The van der Waals surface area contributed by atoms with E-state index in [1.165, 1.54) is 12.1 Å². The topological polar surface area (TPSA) is 30.4 Å². The van der Waals surface area contributed by atoms with Crippen LogP contribution in [0.3, 0.4) is 0 Å². The molecule has 1 aromatic heterocycles. The van der Waals surface area contributed by atoms with Crippen molar-refractivity contribution in [3.8, 4) is 0 Å². The molecule has 1 aliphatic carbocycles. The molecule has 3 nitrogen and oxygen atoms in total. The van der Waals surface area contributed by atoms with Crippen LogP contribution in [0.2, 0.25) is 0 Å². The van der Waals surface area contributed by atoms with Crippen LogP contribution in [0.4, 0.5) is 0 Å². The Labute approximate surface area is 90.4 Å². The Bertz CT molecular complexity index is 387. The fourth-order valence-corrected chi connectivity index (χ4v) is 3.39. The van der Waals surface area contributed by atoms with E-state index in [4.69, 9.17) is 4.74 Å². The van der Waals surface area contributed by atoms with Gasteiger partial charge in [0, 0.05) is 13.2 Å². The van der Waals surface area contributed by atoms with Crippen LogP contribution in [0.5, 0.6) is 0 Å². The third kappa shape index (κ3) is 1.19. The zero-order valence-corrected chi connectivity index (χ0v) is 9.60. The highest BCUT2D eigenvalue weighted by Crippen LogP contribution is 2.58. The first-order valence-electron chi connectivity index (χ1n) is 5.80. The van der Waals surface area contributed by atoms with Crippen LogP contribution in [0.25, 0.3) is 0 Å². The first kappa shape index (κ1) is 9.40. The van der Waals surface area contributed by atoms with E-state index in [9.17, 15) is 0 Å². The standard InChI is InChI=1S/C12H18N2O/c1-8-6-9(2)11-12(7-8,15-11)10-4-5-13-14(10)3/h4-5,8-9,11H,6-7H2,1-3H3/t8-,9+,11+,12+/m1/s1. The summed E-state index contributed by atoms with van der Waals surface area (Å²) in [6.45, 7) is 4.63. The van der Waals surface area contributed by atoms with E-state index in [0.29, 0.717) is 12.0 Å². The predicted octanol–water partition coefficient (Wildman–Crippen LogP) is 2.08. The van der Waals surface area contributed by atoms with Gasteiger partial charge in [-0.05, 0) is 30.7 Å². The van der Waals surface area contributed by atoms with Gasteiger partial charge in [0.1, 0.15) is 5.60 Å². The van der Waals surface area contributed by atoms with E-state index in [1.54, 1.807) is 0 Å². The summed E-state index contributed by atoms with van der Waals surface area (Å²) in [6.07, 6.45) is 4.75. The monoisotopic (exact) mass is 206 g/mol. The Morgan fingerprint density at radius 1 is 1.53 bits per heavy atom. The average Bonchev–Trinajstić information content (AvgIpc) is 2.73. The van der Waals surface area contributed by atoms with Gasteiger partial charge in [0.05, 0.1) is 11.8 Å². The van der Waals surface area contributed by atoms with Crippen molar-refractivity contribution in [3.63, 3.8) is 0 Å². The molecule has 0 spiro atoms. The second-order valence-corrected chi connectivity index (χ2v) is 5.29. The van der Waals surface area contributed by atoms with Crippen LogP contribution in [0.15, 0.2) is 12.3 Å². The minimum Gasteiger partial charge on any atom is -0.359 e. The van der Waals surface area contributed by atoms with E-state index >= 15 is 0 Å². The Hall–Kier alpha value is -0.830. The van der Waals surface area contributed by atoms with Crippen molar-refractivity contribution in [2.45, 2.75) is 38.4 Å². The normalized spacial score (nSPS) is 43.8. The molecule has 3 rings (SSSR count). The van der Waals surface area contributed by atoms with E-state index in [-0.39, 0.29) is 5.60 Å². The number of aryl methyl sites for hydroxylation is 1. The molecule has 2 fully saturated rings. The molecule has 0 bridgehead atoms. The van der Waals surface area contributed by atoms with Gasteiger partial charge in [-0.15, -0.1) is 0 Å². The summed E-state index contributed by atoms with van der Waals surface area (Å²) in [4.78, 5) is 0. The SMILES string of the molecule is C[C@@H]1C[C@H](C)[C@@H]2O[C@]2(c2ccnn2C)C1. The maximum atomic E-state index is 6.01. The van der Waals surface area contributed by atoms with Gasteiger partial charge in [0.2, 0.25) is 0 Å². The van der Waals surface area contributed by atoms with E-state index in [2.05, 4.69) is 25.0 Å². The fraction of sp³-hybridized carbons (Fsp3) is 0.750. The zero-order valence-electron chi connectivity index (χ0n) is 9.60. The highest BCUT2D eigenvalue weighted by Gasteiger charge is 2.63. The van der Waals surface area contributed by atoms with Gasteiger partial charge >= 0.3 is 0 Å². The van der Waals surface area contributed by atoms with Gasteiger partial charge in [-0.3, -0.25) is 4.68 Å². The van der Waals surface area contributed by atoms with E-state index in [1.807, 2.05) is 17.9 Å². The number of aromatic nitrogens is 2. The molecule has 15 heavy (non-hydrogen) atoms. The molecular formula is C12H18N2O. The quantitative estimate of drug-likeness (QED) is 0.659. The summed E-state index contributed by atoms with van der Waals surface area (Å²) in [5, 5.41) is 4.25. The number of epoxide rings is 1. The maximum absolute atomic E-state index is 6.01. The average molecular weight is 206 g/mol. The van der Waals surface area contributed by atoms with Gasteiger partial charge in [0.15, 0.2) is 0 Å². The van der Waals surface area contributed by atoms with E-state index in [0.717, 1.165) is 12.3 Å². The zero-order chi connectivity index (χ0) is 10.6. The molecule has 1 saturated carbocycles. The van der Waals surface area contributed by atoms with Gasteiger partial charge in [-0.1, -0.05) is 13.8 Å². The molecule has 2 aliphatic rings. The van der Waals surface area contributed by atoms with Crippen molar-refractivity contribution in [3.05, 3.63) is 18.0 Å². The van der Waals surface area contributed by atoms with Crippen molar-refractivity contribution >= 4 is 0 Å². The van der Waals surface area contributed by atoms with Crippen molar-refractivity contribution < 1.29 is 4.74 Å². The molecule has 0 N–H and O–H groups in total. The molecular weight excluding hydrogens is 188 g/mol. The number of nitrogens with zero attached hydrogens (tertiary/aromatic N) is 2. The summed E-state index contributed by atoms with van der Waals surface area (Å²) in [6, 6.07) is 2.10. The Morgan fingerprint density at radius 3 is 3.00 bits per heavy atom. The molecule has 2 heterocycles. The van der Waals surface area contributed by atoms with Gasteiger partial charge in [-0.25, -0.2) is 0 Å². The number of fused-ring (bicyclic) bond motifs is 1. The number of rotatable bonds is 1. The molecule has 1 aromatic rings. The van der Waals surface area contributed by atoms with Crippen molar-refractivity contribution in [2.75, 3.05) is 0 Å². The first-order chi connectivity index (χ1) is 7.13. The van der Waals surface area contributed by atoms with Crippen LogP contribution in [-0.2, 0) is 17.4 Å². The molecule has 1 aliphatic heterocycles. The molecule has 0 unspecified atom stereocenters. The summed E-state index contributed by atoms with van der Waals surface area (Å²) < 4.78 is 7.98. The number of ether oxygens (including phenoxy) is 1. The number of hydrogen-bond acceptors (Lipinski definition) is 2. The Morgan fingerprint density at radius 2 is 2.33 bits per heavy atom. The third-order valence-electron chi connectivity index (χ3n) is 3.94. The Kier molecular flexibility index (Phi) is 1.78. The molecule has 1 saturated heterocycles. The van der Waals surface area contributed by atoms with Crippen molar-refractivity contribution in [1.29, 1.82) is 0 Å².